The summed E-state index contributed by atoms with van der Waals surface area (Å²) < 4.78 is 6.04. The Morgan fingerprint density at radius 2 is 2.18 bits per heavy atom. The highest BCUT2D eigenvalue weighted by atomic mass is 32.1. The summed E-state index contributed by atoms with van der Waals surface area (Å²) in [5.74, 6) is 0. The number of hydrogen-bond donors (Lipinski definition) is 0. The van der Waals surface area contributed by atoms with Gasteiger partial charge in [-0.15, -0.1) is 0 Å². The van der Waals surface area contributed by atoms with Crippen LogP contribution in [0.4, 0.5) is 11.4 Å². The lowest BCUT2D eigenvalue weighted by Gasteiger charge is -2.38. The number of ether oxygens (including phenoxy) is 1. The van der Waals surface area contributed by atoms with Gasteiger partial charge in [0.1, 0.15) is 6.10 Å². The molecule has 1 saturated heterocycles. The monoisotopic (exact) mass is 318 g/mol. The van der Waals surface area contributed by atoms with Gasteiger partial charge in [-0.2, -0.15) is 11.3 Å². The Morgan fingerprint density at radius 1 is 1.36 bits per heavy atom. The van der Waals surface area contributed by atoms with E-state index in [4.69, 9.17) is 4.74 Å². The van der Waals surface area contributed by atoms with Crippen LogP contribution in [-0.4, -0.2) is 24.1 Å². The predicted octanol–water partition coefficient (Wildman–Crippen LogP) is 3.93. The fourth-order valence-electron chi connectivity index (χ4n) is 2.90. The summed E-state index contributed by atoms with van der Waals surface area (Å²) in [5.41, 5.74) is 3.30. The smallest absolute Gasteiger partial charge is 0.269 e. The van der Waals surface area contributed by atoms with Crippen LogP contribution in [0.2, 0.25) is 0 Å². The second kappa shape index (κ2) is 6.06. The van der Waals surface area contributed by atoms with Gasteiger partial charge < -0.3 is 9.64 Å². The van der Waals surface area contributed by atoms with Gasteiger partial charge in [0.2, 0.25) is 0 Å². The quantitative estimate of drug-likeness (QED) is 0.635. The van der Waals surface area contributed by atoms with E-state index in [1.165, 1.54) is 5.56 Å². The predicted molar refractivity (Wildman–Crippen MR) is 87.7 cm³/mol. The van der Waals surface area contributed by atoms with Crippen molar-refractivity contribution >= 4 is 22.7 Å². The fraction of sp³-hybridized carbons (Fsp3) is 0.375. The number of benzene rings is 1. The van der Waals surface area contributed by atoms with Crippen LogP contribution in [0.25, 0.3) is 0 Å². The second-order valence-corrected chi connectivity index (χ2v) is 6.40. The van der Waals surface area contributed by atoms with Crippen LogP contribution in [0.1, 0.15) is 24.2 Å². The summed E-state index contributed by atoms with van der Waals surface area (Å²) in [6, 6.07) is 7.14. The molecule has 1 aliphatic heterocycles. The van der Waals surface area contributed by atoms with Gasteiger partial charge in [-0.25, -0.2) is 0 Å². The van der Waals surface area contributed by atoms with E-state index in [2.05, 4.69) is 28.7 Å². The van der Waals surface area contributed by atoms with Gasteiger partial charge in [-0.1, -0.05) is 0 Å². The Labute approximate surface area is 133 Å². The molecule has 6 heteroatoms. The maximum absolute atomic E-state index is 10.9. The van der Waals surface area contributed by atoms with E-state index in [9.17, 15) is 10.1 Å². The topological polar surface area (TPSA) is 55.6 Å². The molecule has 2 atom stereocenters. The van der Waals surface area contributed by atoms with Crippen molar-refractivity contribution in [2.24, 2.45) is 0 Å². The van der Waals surface area contributed by atoms with E-state index < -0.39 is 0 Å². The number of morpholine rings is 1. The van der Waals surface area contributed by atoms with Crippen molar-refractivity contribution in [3.05, 3.63) is 56.3 Å². The molecule has 3 rings (SSSR count). The number of nitrogens with zero attached hydrogens (tertiary/aromatic N) is 2. The second-order valence-electron chi connectivity index (χ2n) is 5.62. The number of non-ortho nitro benzene ring substituents is 1. The lowest BCUT2D eigenvalue weighted by atomic mass is 10.1. The summed E-state index contributed by atoms with van der Waals surface area (Å²) in [4.78, 5) is 12.8. The first-order chi connectivity index (χ1) is 10.5. The number of thiophene rings is 1. The molecule has 5 nitrogen and oxygen atoms in total. The highest BCUT2D eigenvalue weighted by molar-refractivity contribution is 7.07. The number of hydrogen-bond acceptors (Lipinski definition) is 5. The summed E-state index contributed by atoms with van der Waals surface area (Å²) in [7, 11) is 0. The molecule has 116 valence electrons. The highest BCUT2D eigenvalue weighted by Crippen LogP contribution is 2.32. The van der Waals surface area contributed by atoms with Crippen molar-refractivity contribution in [2.75, 3.05) is 18.0 Å². The number of rotatable bonds is 3. The third kappa shape index (κ3) is 2.98. The van der Waals surface area contributed by atoms with E-state index in [1.807, 2.05) is 13.0 Å². The van der Waals surface area contributed by atoms with Crippen LogP contribution >= 0.6 is 11.3 Å². The van der Waals surface area contributed by atoms with Crippen molar-refractivity contribution in [3.8, 4) is 0 Å². The molecule has 0 spiro atoms. The minimum Gasteiger partial charge on any atom is -0.367 e. The third-order valence-corrected chi connectivity index (χ3v) is 4.61. The summed E-state index contributed by atoms with van der Waals surface area (Å²) in [6.07, 6.45) is 0.165. The fourth-order valence-corrected chi connectivity index (χ4v) is 3.60. The third-order valence-electron chi connectivity index (χ3n) is 3.91. The average Bonchev–Trinajstić information content (AvgIpc) is 3.00. The molecule has 1 fully saturated rings. The van der Waals surface area contributed by atoms with Gasteiger partial charge >= 0.3 is 0 Å². The van der Waals surface area contributed by atoms with E-state index in [0.29, 0.717) is 0 Å². The van der Waals surface area contributed by atoms with E-state index in [-0.39, 0.29) is 22.8 Å². The van der Waals surface area contributed by atoms with Crippen LogP contribution in [-0.2, 0) is 4.74 Å². The molecule has 2 aromatic rings. The largest absolute Gasteiger partial charge is 0.367 e. The highest BCUT2D eigenvalue weighted by Gasteiger charge is 2.28. The van der Waals surface area contributed by atoms with Gasteiger partial charge in [0.05, 0.1) is 11.0 Å². The summed E-state index contributed by atoms with van der Waals surface area (Å²) >= 11 is 1.67. The van der Waals surface area contributed by atoms with Gasteiger partial charge in [0.25, 0.3) is 5.69 Å². The SMILES string of the molecule is Cc1cc([N+](=O)[O-])ccc1N1CC(C)OC(c2ccsc2)C1. The van der Waals surface area contributed by atoms with E-state index in [0.717, 1.165) is 24.3 Å². The molecule has 0 N–H and O–H groups in total. The number of aryl methyl sites for hydroxylation is 1. The molecular weight excluding hydrogens is 300 g/mol. The van der Waals surface area contributed by atoms with Gasteiger partial charge in [0.15, 0.2) is 0 Å². The van der Waals surface area contributed by atoms with Gasteiger partial charge in [-0.3, -0.25) is 10.1 Å². The molecule has 0 radical (unpaired) electrons. The Bertz CT molecular complexity index is 672. The van der Waals surface area contributed by atoms with Gasteiger partial charge in [-0.05, 0) is 47.9 Å². The molecule has 1 aliphatic rings. The first-order valence-corrected chi connectivity index (χ1v) is 8.16. The summed E-state index contributed by atoms with van der Waals surface area (Å²) in [6.45, 7) is 5.54. The van der Waals surface area contributed by atoms with Crippen LogP contribution in [0, 0.1) is 17.0 Å². The molecule has 1 aromatic carbocycles. The Balaban J connectivity index is 1.86. The minimum absolute atomic E-state index is 0.0459. The molecule has 2 heterocycles. The Hall–Kier alpha value is -1.92. The normalized spacial score (nSPS) is 21.8. The number of anilines is 1. The van der Waals surface area contributed by atoms with Crippen molar-refractivity contribution < 1.29 is 9.66 Å². The molecule has 0 amide bonds. The van der Waals surface area contributed by atoms with Crippen LogP contribution in [0.5, 0.6) is 0 Å². The molecular formula is C16H18N2O3S. The lowest BCUT2D eigenvalue weighted by molar-refractivity contribution is -0.384. The molecule has 1 aromatic heterocycles. The number of nitro groups is 1. The van der Waals surface area contributed by atoms with Crippen molar-refractivity contribution in [2.45, 2.75) is 26.1 Å². The first kappa shape index (κ1) is 15.0. The summed E-state index contributed by atoms with van der Waals surface area (Å²) in [5, 5.41) is 15.0. The first-order valence-electron chi connectivity index (χ1n) is 7.22. The molecule has 0 bridgehead atoms. The van der Waals surface area contributed by atoms with Crippen molar-refractivity contribution in [1.82, 2.24) is 0 Å². The van der Waals surface area contributed by atoms with Crippen LogP contribution < -0.4 is 4.90 Å². The maximum Gasteiger partial charge on any atom is 0.269 e. The zero-order valence-electron chi connectivity index (χ0n) is 12.6. The zero-order valence-corrected chi connectivity index (χ0v) is 13.4. The standard InChI is InChI=1S/C16H18N2O3S/c1-11-7-14(18(19)20)3-4-15(11)17-8-12(2)21-16(9-17)13-5-6-22-10-13/h3-7,10,12,16H,8-9H2,1-2H3. The molecule has 0 saturated carbocycles. The van der Waals surface area contributed by atoms with Crippen molar-refractivity contribution in [1.29, 1.82) is 0 Å². The van der Waals surface area contributed by atoms with E-state index >= 15 is 0 Å². The minimum atomic E-state index is -0.354. The molecule has 0 aliphatic carbocycles. The zero-order chi connectivity index (χ0) is 15.7. The lowest BCUT2D eigenvalue weighted by Crippen LogP contribution is -2.43. The van der Waals surface area contributed by atoms with Crippen molar-refractivity contribution in [3.63, 3.8) is 0 Å². The molecule has 22 heavy (non-hydrogen) atoms. The Morgan fingerprint density at radius 3 is 2.82 bits per heavy atom. The van der Waals surface area contributed by atoms with Gasteiger partial charge in [0, 0.05) is 30.9 Å². The van der Waals surface area contributed by atoms with Crippen LogP contribution in [0.3, 0.4) is 0 Å². The average molecular weight is 318 g/mol. The van der Waals surface area contributed by atoms with Crippen LogP contribution in [0.15, 0.2) is 35.0 Å². The number of nitro benzene ring substituents is 1. The Kier molecular flexibility index (Phi) is 4.13. The molecule has 2 unspecified atom stereocenters. The maximum atomic E-state index is 10.9. The van der Waals surface area contributed by atoms with E-state index in [1.54, 1.807) is 23.5 Å².